The van der Waals surface area contributed by atoms with E-state index < -0.39 is 5.54 Å². The third-order valence-electron chi connectivity index (χ3n) is 3.99. The molecule has 0 aromatic carbocycles. The molecule has 0 radical (unpaired) electrons. The molecule has 18 heavy (non-hydrogen) atoms. The van der Waals surface area contributed by atoms with Crippen LogP contribution in [0.5, 0.6) is 0 Å². The van der Waals surface area contributed by atoms with Crippen LogP contribution in [0.1, 0.15) is 51.4 Å². The minimum Gasteiger partial charge on any atom is -0.391 e. The Kier molecular flexibility index (Phi) is 4.56. The van der Waals surface area contributed by atoms with Crippen molar-refractivity contribution in [2.24, 2.45) is 5.73 Å². The lowest BCUT2D eigenvalue weighted by atomic mass is 9.96. The lowest BCUT2D eigenvalue weighted by Crippen LogP contribution is -2.55. The number of ether oxygens (including phenoxy) is 1. The average Bonchev–Trinajstić information content (AvgIpc) is 2.80. The monoisotopic (exact) mass is 270 g/mol. The first-order chi connectivity index (χ1) is 8.62. The summed E-state index contributed by atoms with van der Waals surface area (Å²) in [4.78, 5) is 12.5. The van der Waals surface area contributed by atoms with E-state index >= 15 is 0 Å². The fourth-order valence-electron chi connectivity index (χ4n) is 2.90. The first-order valence-corrected chi connectivity index (χ1v) is 7.26. The van der Waals surface area contributed by atoms with Crippen LogP contribution in [-0.2, 0) is 9.53 Å². The molecule has 0 spiro atoms. The number of amides is 1. The first kappa shape index (κ1) is 13.7. The SMILES string of the molecule is NC(=S)C1(NC(=O)CC2CCCCO2)CCCC1. The van der Waals surface area contributed by atoms with E-state index in [0.29, 0.717) is 11.4 Å². The van der Waals surface area contributed by atoms with Gasteiger partial charge in [-0.1, -0.05) is 25.1 Å². The smallest absolute Gasteiger partial charge is 0.223 e. The number of thiocarbonyl (C=S) groups is 1. The number of hydrogen-bond donors (Lipinski definition) is 2. The third-order valence-corrected chi connectivity index (χ3v) is 4.39. The minimum atomic E-state index is -0.429. The first-order valence-electron chi connectivity index (χ1n) is 6.85. The Bertz CT molecular complexity index is 321. The highest BCUT2D eigenvalue weighted by Gasteiger charge is 2.38. The average molecular weight is 270 g/mol. The number of rotatable bonds is 4. The molecule has 1 saturated heterocycles. The maximum atomic E-state index is 12.1. The normalized spacial score (nSPS) is 26.8. The van der Waals surface area contributed by atoms with E-state index in [-0.39, 0.29) is 12.0 Å². The van der Waals surface area contributed by atoms with Gasteiger partial charge in [0, 0.05) is 6.61 Å². The van der Waals surface area contributed by atoms with Crippen LogP contribution in [0.3, 0.4) is 0 Å². The predicted octanol–water partition coefficient (Wildman–Crippen LogP) is 1.66. The summed E-state index contributed by atoms with van der Waals surface area (Å²) in [6.07, 6.45) is 7.66. The molecule has 2 fully saturated rings. The Morgan fingerprint density at radius 3 is 2.61 bits per heavy atom. The zero-order valence-corrected chi connectivity index (χ0v) is 11.6. The van der Waals surface area contributed by atoms with E-state index in [4.69, 9.17) is 22.7 Å². The van der Waals surface area contributed by atoms with Crippen LogP contribution in [0.2, 0.25) is 0 Å². The standard InChI is InChI=1S/C13H22N2O2S/c14-12(18)13(6-2-3-7-13)15-11(16)9-10-5-1-4-8-17-10/h10H,1-9H2,(H2,14,18)(H,15,16). The zero-order valence-electron chi connectivity index (χ0n) is 10.7. The fourth-order valence-corrected chi connectivity index (χ4v) is 3.16. The van der Waals surface area contributed by atoms with Crippen LogP contribution >= 0.6 is 12.2 Å². The van der Waals surface area contributed by atoms with Crippen LogP contribution < -0.4 is 11.1 Å². The number of nitrogens with one attached hydrogen (secondary N) is 1. The summed E-state index contributed by atoms with van der Waals surface area (Å²) in [5.41, 5.74) is 5.37. The van der Waals surface area contributed by atoms with Crippen molar-refractivity contribution in [2.45, 2.75) is 63.0 Å². The van der Waals surface area contributed by atoms with Gasteiger partial charge >= 0.3 is 0 Å². The molecule has 2 rings (SSSR count). The number of carbonyl (C=O) groups is 1. The molecule has 1 saturated carbocycles. The quantitative estimate of drug-likeness (QED) is 0.763. The van der Waals surface area contributed by atoms with Gasteiger partial charge in [-0.25, -0.2) is 0 Å². The topological polar surface area (TPSA) is 64.3 Å². The lowest BCUT2D eigenvalue weighted by Gasteiger charge is -2.30. The summed E-state index contributed by atoms with van der Waals surface area (Å²) in [6, 6.07) is 0. The Balaban J connectivity index is 1.87. The second-order valence-electron chi connectivity index (χ2n) is 5.39. The molecular weight excluding hydrogens is 248 g/mol. The highest BCUT2D eigenvalue weighted by molar-refractivity contribution is 7.80. The van der Waals surface area contributed by atoms with Gasteiger partial charge in [0.05, 0.1) is 23.1 Å². The Morgan fingerprint density at radius 1 is 1.33 bits per heavy atom. The maximum Gasteiger partial charge on any atom is 0.223 e. The highest BCUT2D eigenvalue weighted by Crippen LogP contribution is 2.30. The zero-order chi connectivity index (χ0) is 13.0. The maximum absolute atomic E-state index is 12.1. The van der Waals surface area contributed by atoms with Gasteiger partial charge in [-0.05, 0) is 32.1 Å². The van der Waals surface area contributed by atoms with Gasteiger partial charge in [0.1, 0.15) is 0 Å². The Morgan fingerprint density at radius 2 is 2.06 bits per heavy atom. The molecule has 0 bridgehead atoms. The number of nitrogens with two attached hydrogens (primary N) is 1. The van der Waals surface area contributed by atoms with Crippen molar-refractivity contribution in [3.05, 3.63) is 0 Å². The van der Waals surface area contributed by atoms with Crippen LogP contribution in [0, 0.1) is 0 Å². The molecule has 4 nitrogen and oxygen atoms in total. The number of carbonyl (C=O) groups excluding carboxylic acids is 1. The molecule has 0 aromatic rings. The van der Waals surface area contributed by atoms with Crippen molar-refractivity contribution in [3.8, 4) is 0 Å². The van der Waals surface area contributed by atoms with Crippen LogP contribution in [0.25, 0.3) is 0 Å². The summed E-state index contributed by atoms with van der Waals surface area (Å²) in [5.74, 6) is 0.0246. The van der Waals surface area contributed by atoms with Gasteiger partial charge < -0.3 is 15.8 Å². The molecule has 1 heterocycles. The minimum absolute atomic E-state index is 0.0246. The molecule has 1 amide bonds. The van der Waals surface area contributed by atoms with Gasteiger partial charge in [-0.2, -0.15) is 0 Å². The van der Waals surface area contributed by atoms with Gasteiger partial charge in [0.2, 0.25) is 5.91 Å². The molecular formula is C13H22N2O2S. The second-order valence-corrected chi connectivity index (χ2v) is 5.83. The predicted molar refractivity (Wildman–Crippen MR) is 74.3 cm³/mol. The van der Waals surface area contributed by atoms with Gasteiger partial charge in [-0.15, -0.1) is 0 Å². The Hall–Kier alpha value is -0.680. The van der Waals surface area contributed by atoms with Crippen molar-refractivity contribution in [1.29, 1.82) is 0 Å². The van der Waals surface area contributed by atoms with E-state index in [9.17, 15) is 4.79 Å². The molecule has 102 valence electrons. The summed E-state index contributed by atoms with van der Waals surface area (Å²) in [5, 5.41) is 3.05. The van der Waals surface area contributed by atoms with E-state index in [1.807, 2.05) is 0 Å². The van der Waals surface area contributed by atoms with Gasteiger partial charge in [0.25, 0.3) is 0 Å². The van der Waals surface area contributed by atoms with Crippen molar-refractivity contribution in [3.63, 3.8) is 0 Å². The van der Waals surface area contributed by atoms with Gasteiger partial charge in [0.15, 0.2) is 0 Å². The summed E-state index contributed by atoms with van der Waals surface area (Å²) in [6.45, 7) is 0.776. The molecule has 1 atom stereocenters. The molecule has 2 aliphatic rings. The van der Waals surface area contributed by atoms with E-state index in [1.54, 1.807) is 0 Å². The van der Waals surface area contributed by atoms with E-state index in [0.717, 1.165) is 51.6 Å². The largest absolute Gasteiger partial charge is 0.391 e. The lowest BCUT2D eigenvalue weighted by molar-refractivity contribution is -0.126. The molecule has 1 aliphatic heterocycles. The fraction of sp³-hybridized carbons (Fsp3) is 0.846. The summed E-state index contributed by atoms with van der Waals surface area (Å²) in [7, 11) is 0. The molecule has 0 aromatic heterocycles. The molecule has 1 aliphatic carbocycles. The van der Waals surface area contributed by atoms with E-state index in [1.165, 1.54) is 0 Å². The number of hydrogen-bond acceptors (Lipinski definition) is 3. The molecule has 5 heteroatoms. The van der Waals surface area contributed by atoms with Crippen LogP contribution in [0.4, 0.5) is 0 Å². The van der Waals surface area contributed by atoms with Crippen molar-refractivity contribution in [1.82, 2.24) is 5.32 Å². The summed E-state index contributed by atoms with van der Waals surface area (Å²) >= 11 is 5.12. The molecule has 1 unspecified atom stereocenters. The van der Waals surface area contributed by atoms with E-state index in [2.05, 4.69) is 5.32 Å². The summed E-state index contributed by atoms with van der Waals surface area (Å²) < 4.78 is 5.58. The highest BCUT2D eigenvalue weighted by atomic mass is 32.1. The van der Waals surface area contributed by atoms with Crippen molar-refractivity contribution >= 4 is 23.1 Å². The van der Waals surface area contributed by atoms with Crippen molar-refractivity contribution < 1.29 is 9.53 Å². The van der Waals surface area contributed by atoms with Crippen LogP contribution in [-0.4, -0.2) is 29.1 Å². The second kappa shape index (κ2) is 5.97. The molecule has 3 N–H and O–H groups in total. The Labute approximate surface area is 114 Å². The van der Waals surface area contributed by atoms with Crippen molar-refractivity contribution in [2.75, 3.05) is 6.61 Å². The van der Waals surface area contributed by atoms with Gasteiger partial charge in [-0.3, -0.25) is 4.79 Å². The van der Waals surface area contributed by atoms with Crippen LogP contribution in [0.15, 0.2) is 0 Å². The third kappa shape index (κ3) is 3.20.